The molecule has 1 saturated heterocycles. The van der Waals surface area contributed by atoms with Crippen LogP contribution in [0.1, 0.15) is 23.1 Å². The Balaban J connectivity index is 1.47. The number of nitrogens with one attached hydrogen (secondary N) is 2. The summed E-state index contributed by atoms with van der Waals surface area (Å²) in [5.41, 5.74) is 1.97. The third-order valence-corrected chi connectivity index (χ3v) is 6.13. The molecule has 142 valence electrons. The molecule has 0 radical (unpaired) electrons. The Morgan fingerprint density at radius 2 is 2.04 bits per heavy atom. The van der Waals surface area contributed by atoms with Crippen molar-refractivity contribution >= 4 is 6.09 Å². The highest BCUT2D eigenvalue weighted by atomic mass is 19.1. The second kappa shape index (κ2) is 7.31. The van der Waals surface area contributed by atoms with Crippen molar-refractivity contribution in [2.24, 2.45) is 11.8 Å². The smallest absolute Gasteiger partial charge is 0.407 e. The molecule has 1 aliphatic heterocycles. The summed E-state index contributed by atoms with van der Waals surface area (Å²) < 4.78 is 20.2. The summed E-state index contributed by atoms with van der Waals surface area (Å²) >= 11 is 0. The third kappa shape index (κ3) is 3.32. The minimum absolute atomic E-state index is 0.147. The lowest BCUT2D eigenvalue weighted by atomic mass is 9.89. The Morgan fingerprint density at radius 3 is 2.78 bits per heavy atom. The topological polar surface area (TPSA) is 50.4 Å². The van der Waals surface area contributed by atoms with Gasteiger partial charge in [0.05, 0.1) is 0 Å². The van der Waals surface area contributed by atoms with E-state index in [4.69, 9.17) is 4.74 Å². The van der Waals surface area contributed by atoms with E-state index in [0.29, 0.717) is 23.9 Å². The zero-order chi connectivity index (χ0) is 18.9. The molecule has 2 aromatic carbocycles. The summed E-state index contributed by atoms with van der Waals surface area (Å²) in [6, 6.07) is 15.1. The highest BCUT2D eigenvalue weighted by Gasteiger charge is 2.66. The second-order valence-corrected chi connectivity index (χ2v) is 7.60. The van der Waals surface area contributed by atoms with E-state index in [1.807, 2.05) is 42.5 Å². The van der Waals surface area contributed by atoms with Crippen LogP contribution >= 0.6 is 0 Å². The van der Waals surface area contributed by atoms with Crippen LogP contribution in [0.15, 0.2) is 48.5 Å². The number of rotatable bonds is 5. The van der Waals surface area contributed by atoms with Gasteiger partial charge in [-0.25, -0.2) is 9.18 Å². The third-order valence-electron chi connectivity index (χ3n) is 6.13. The molecule has 0 spiro atoms. The average molecular weight is 368 g/mol. The van der Waals surface area contributed by atoms with Crippen LogP contribution in [-0.4, -0.2) is 25.7 Å². The molecule has 4 rings (SSSR count). The van der Waals surface area contributed by atoms with Gasteiger partial charge < -0.3 is 15.4 Å². The normalized spacial score (nSPS) is 26.1. The maximum Gasteiger partial charge on any atom is 0.407 e. The van der Waals surface area contributed by atoms with Crippen molar-refractivity contribution in [2.45, 2.75) is 25.4 Å². The van der Waals surface area contributed by atoms with Gasteiger partial charge in [0.15, 0.2) is 0 Å². The van der Waals surface area contributed by atoms with E-state index < -0.39 is 6.09 Å². The number of amides is 1. The molecule has 1 amide bonds. The standard InChI is InChI=1S/C22H25FN2O2/c1-15-6-5-9-18(20(15)23)22(17-10-11-24-12-19(17)22)14-25-21(26)27-13-16-7-3-2-4-8-16/h2-9,17,19,24H,10-14H2,1H3,(H,25,26)/t17-,19+,22-/m1/s1. The molecule has 2 N–H and O–H groups in total. The SMILES string of the molecule is Cc1cccc([C@@]2(CNC(=O)OCc3ccccc3)[C@@H]3CCNC[C@@H]32)c1F. The Bertz CT molecular complexity index is 812. The van der Waals surface area contributed by atoms with Gasteiger partial charge in [-0.05, 0) is 55.0 Å². The Labute approximate surface area is 159 Å². The lowest BCUT2D eigenvalue weighted by molar-refractivity contribution is 0.138. The molecular weight excluding hydrogens is 343 g/mol. The quantitative estimate of drug-likeness (QED) is 0.849. The van der Waals surface area contributed by atoms with Gasteiger partial charge in [0, 0.05) is 12.0 Å². The van der Waals surface area contributed by atoms with Gasteiger partial charge in [-0.1, -0.05) is 48.5 Å². The minimum atomic E-state index is -0.456. The molecule has 1 aliphatic carbocycles. The molecule has 27 heavy (non-hydrogen) atoms. The van der Waals surface area contributed by atoms with Gasteiger partial charge in [-0.2, -0.15) is 0 Å². The maximum atomic E-state index is 14.9. The maximum absolute atomic E-state index is 14.9. The van der Waals surface area contributed by atoms with Gasteiger partial charge in [0.25, 0.3) is 0 Å². The lowest BCUT2D eigenvalue weighted by Gasteiger charge is -2.21. The summed E-state index contributed by atoms with van der Waals surface area (Å²) in [6.07, 6.45) is 0.543. The van der Waals surface area contributed by atoms with Crippen LogP contribution in [-0.2, 0) is 16.8 Å². The summed E-state index contributed by atoms with van der Waals surface area (Å²) in [6.45, 7) is 4.22. The molecule has 0 aromatic heterocycles. The van der Waals surface area contributed by atoms with Crippen molar-refractivity contribution in [1.29, 1.82) is 0 Å². The predicted octanol–water partition coefficient (Wildman–Crippen LogP) is 3.54. The number of ether oxygens (including phenoxy) is 1. The average Bonchev–Trinajstić information content (AvgIpc) is 3.36. The van der Waals surface area contributed by atoms with Crippen molar-refractivity contribution in [3.63, 3.8) is 0 Å². The fraction of sp³-hybridized carbons (Fsp3) is 0.409. The summed E-state index contributed by atoms with van der Waals surface area (Å²) in [5.74, 6) is 0.591. The number of alkyl carbamates (subject to hydrolysis) is 1. The largest absolute Gasteiger partial charge is 0.445 e. The number of halogens is 1. The second-order valence-electron chi connectivity index (χ2n) is 7.60. The van der Waals surface area contributed by atoms with E-state index in [-0.39, 0.29) is 17.8 Å². The number of hydrogen-bond acceptors (Lipinski definition) is 3. The number of hydrogen-bond donors (Lipinski definition) is 2. The van der Waals surface area contributed by atoms with Crippen LogP contribution in [0.5, 0.6) is 0 Å². The van der Waals surface area contributed by atoms with Gasteiger partial charge in [0.1, 0.15) is 12.4 Å². The molecule has 1 saturated carbocycles. The van der Waals surface area contributed by atoms with Gasteiger partial charge in [-0.15, -0.1) is 0 Å². The van der Waals surface area contributed by atoms with Crippen LogP contribution < -0.4 is 10.6 Å². The number of aryl methyl sites for hydroxylation is 1. The Hall–Kier alpha value is -2.40. The first kappa shape index (κ1) is 18.0. The van der Waals surface area contributed by atoms with Crippen molar-refractivity contribution in [3.05, 3.63) is 71.0 Å². The molecule has 0 unspecified atom stereocenters. The van der Waals surface area contributed by atoms with Crippen LogP contribution in [0.3, 0.4) is 0 Å². The first-order valence-corrected chi connectivity index (χ1v) is 9.54. The molecule has 1 heterocycles. The number of piperidine rings is 1. The predicted molar refractivity (Wildman–Crippen MR) is 102 cm³/mol. The molecule has 2 fully saturated rings. The van der Waals surface area contributed by atoms with Gasteiger partial charge in [0.2, 0.25) is 0 Å². The zero-order valence-corrected chi connectivity index (χ0v) is 15.5. The van der Waals surface area contributed by atoms with E-state index in [9.17, 15) is 9.18 Å². The van der Waals surface area contributed by atoms with Crippen LogP contribution in [0.4, 0.5) is 9.18 Å². The Morgan fingerprint density at radius 1 is 1.22 bits per heavy atom. The lowest BCUT2D eigenvalue weighted by Crippen LogP contribution is -2.35. The van der Waals surface area contributed by atoms with E-state index in [0.717, 1.165) is 30.6 Å². The van der Waals surface area contributed by atoms with Gasteiger partial charge in [-0.3, -0.25) is 0 Å². The van der Waals surface area contributed by atoms with Crippen LogP contribution in [0.25, 0.3) is 0 Å². The van der Waals surface area contributed by atoms with Crippen LogP contribution in [0.2, 0.25) is 0 Å². The summed E-state index contributed by atoms with van der Waals surface area (Å²) in [5, 5.41) is 6.30. The highest BCUT2D eigenvalue weighted by Crippen LogP contribution is 2.62. The molecule has 4 nitrogen and oxygen atoms in total. The molecule has 2 aromatic rings. The van der Waals surface area contributed by atoms with Crippen molar-refractivity contribution in [2.75, 3.05) is 19.6 Å². The number of benzene rings is 2. The number of carbonyl (C=O) groups excluding carboxylic acids is 1. The first-order chi connectivity index (χ1) is 13.1. The summed E-state index contributed by atoms with van der Waals surface area (Å²) in [7, 11) is 0. The molecule has 2 aliphatic rings. The monoisotopic (exact) mass is 368 g/mol. The van der Waals surface area contributed by atoms with E-state index in [2.05, 4.69) is 10.6 Å². The van der Waals surface area contributed by atoms with Crippen molar-refractivity contribution in [1.82, 2.24) is 10.6 Å². The van der Waals surface area contributed by atoms with E-state index in [1.165, 1.54) is 0 Å². The minimum Gasteiger partial charge on any atom is -0.445 e. The molecule has 3 atom stereocenters. The molecular formula is C22H25FN2O2. The first-order valence-electron chi connectivity index (χ1n) is 9.54. The van der Waals surface area contributed by atoms with E-state index in [1.54, 1.807) is 13.0 Å². The summed E-state index contributed by atoms with van der Waals surface area (Å²) in [4.78, 5) is 12.2. The fourth-order valence-electron chi connectivity index (χ4n) is 4.66. The molecule has 0 bridgehead atoms. The van der Waals surface area contributed by atoms with Gasteiger partial charge >= 0.3 is 6.09 Å². The number of fused-ring (bicyclic) bond motifs is 1. The van der Waals surface area contributed by atoms with Crippen molar-refractivity contribution < 1.29 is 13.9 Å². The molecule has 5 heteroatoms. The van der Waals surface area contributed by atoms with E-state index >= 15 is 0 Å². The van der Waals surface area contributed by atoms with Crippen LogP contribution in [0, 0.1) is 24.6 Å². The number of carbonyl (C=O) groups is 1. The zero-order valence-electron chi connectivity index (χ0n) is 15.5. The Kier molecular flexibility index (Phi) is 4.87. The highest BCUT2D eigenvalue weighted by molar-refractivity contribution is 5.67. The van der Waals surface area contributed by atoms with Crippen molar-refractivity contribution in [3.8, 4) is 0 Å². The fourth-order valence-corrected chi connectivity index (χ4v) is 4.66.